The van der Waals surface area contributed by atoms with Crippen molar-refractivity contribution in [1.29, 1.82) is 10.5 Å². The van der Waals surface area contributed by atoms with E-state index < -0.39 is 22.2 Å². The van der Waals surface area contributed by atoms with E-state index in [0.29, 0.717) is 13.0 Å². The molecule has 1 saturated heterocycles. The number of nitrogens with one attached hydrogen (secondary N) is 1. The van der Waals surface area contributed by atoms with Crippen LogP contribution in [0.25, 0.3) is 0 Å². The second kappa shape index (κ2) is 4.36. The molecule has 3 aliphatic rings. The first-order valence-corrected chi connectivity index (χ1v) is 8.13. The summed E-state index contributed by atoms with van der Waals surface area (Å²) in [4.78, 5) is 3.01. The zero-order chi connectivity index (χ0) is 17.2. The van der Waals surface area contributed by atoms with Crippen LogP contribution in [-0.4, -0.2) is 24.5 Å². The van der Waals surface area contributed by atoms with Crippen LogP contribution in [0.2, 0.25) is 0 Å². The van der Waals surface area contributed by atoms with Gasteiger partial charge in [0.25, 0.3) is 5.84 Å². The number of amidine groups is 1. The molecule has 3 N–H and O–H groups in total. The van der Waals surface area contributed by atoms with E-state index in [1.807, 2.05) is 44.2 Å². The monoisotopic (exact) mass is 323 g/mol. The van der Waals surface area contributed by atoms with Crippen molar-refractivity contribution in [2.75, 3.05) is 6.61 Å². The second-order valence-corrected chi connectivity index (χ2v) is 6.74. The lowest BCUT2D eigenvalue weighted by atomic mass is 9.80. The fraction of sp³-hybridized carbons (Fsp3) is 0.500. The maximum atomic E-state index is 10.3. The third-order valence-corrected chi connectivity index (χ3v) is 6.00. The van der Waals surface area contributed by atoms with Crippen molar-refractivity contribution in [3.05, 3.63) is 35.9 Å². The number of nitriles is 2. The highest BCUT2D eigenvalue weighted by molar-refractivity contribution is 5.97. The number of hydrogen-bond acceptors (Lipinski definition) is 5. The predicted molar refractivity (Wildman–Crippen MR) is 83.9 cm³/mol. The Balaban J connectivity index is 2.04. The summed E-state index contributed by atoms with van der Waals surface area (Å²) in [5.41, 5.74) is 4.01. The van der Waals surface area contributed by atoms with Crippen molar-refractivity contribution < 1.29 is 14.5 Å². The van der Waals surface area contributed by atoms with Crippen LogP contribution in [0.1, 0.15) is 25.8 Å². The van der Waals surface area contributed by atoms with E-state index in [1.165, 1.54) is 0 Å². The first kappa shape index (κ1) is 15.1. The summed E-state index contributed by atoms with van der Waals surface area (Å²) < 4.78 is 12.0. The van der Waals surface area contributed by atoms with E-state index in [-0.39, 0.29) is 11.9 Å². The molecule has 1 aromatic rings. The molecular weight excluding hydrogens is 304 g/mol. The zero-order valence-corrected chi connectivity index (χ0v) is 13.7. The van der Waals surface area contributed by atoms with Crippen LogP contribution in [0.4, 0.5) is 0 Å². The highest BCUT2D eigenvalue weighted by Gasteiger charge is 3.04. The smallest absolute Gasteiger partial charge is 0.311 e. The second-order valence-electron chi connectivity index (χ2n) is 6.74. The number of fused-ring (bicyclic) bond motifs is 2. The molecule has 2 heterocycles. The van der Waals surface area contributed by atoms with Gasteiger partial charge in [-0.1, -0.05) is 37.3 Å². The third-order valence-electron chi connectivity index (χ3n) is 6.00. The molecule has 0 bridgehead atoms. The van der Waals surface area contributed by atoms with Gasteiger partial charge in [-0.25, -0.2) is 4.99 Å². The quantitative estimate of drug-likeness (QED) is 0.791. The third kappa shape index (κ3) is 1.15. The van der Waals surface area contributed by atoms with Crippen LogP contribution < -0.4 is 10.7 Å². The summed E-state index contributed by atoms with van der Waals surface area (Å²) in [7, 11) is 0. The molecular formula is C18H19N4O2+. The first-order chi connectivity index (χ1) is 11.5. The normalized spacial score (nSPS) is 45.3. The topological polar surface area (TPSA) is 106 Å². The Hall–Kier alpha value is -2.41. The van der Waals surface area contributed by atoms with Gasteiger partial charge in [0, 0.05) is 0 Å². The molecule has 2 fully saturated rings. The van der Waals surface area contributed by atoms with Gasteiger partial charge in [-0.2, -0.15) is 10.5 Å². The lowest BCUT2D eigenvalue weighted by Gasteiger charge is -2.29. The van der Waals surface area contributed by atoms with Crippen LogP contribution in [0.5, 0.6) is 0 Å². The molecule has 1 aliphatic carbocycles. The Bertz CT molecular complexity index is 826. The van der Waals surface area contributed by atoms with Crippen LogP contribution in [-0.2, 0) is 14.9 Å². The molecule has 24 heavy (non-hydrogen) atoms. The van der Waals surface area contributed by atoms with Crippen molar-refractivity contribution in [3.8, 4) is 12.1 Å². The van der Waals surface area contributed by atoms with Gasteiger partial charge in [-0.05, 0) is 18.9 Å². The van der Waals surface area contributed by atoms with Gasteiger partial charge >= 0.3 is 5.91 Å². The summed E-state index contributed by atoms with van der Waals surface area (Å²) in [6, 6.07) is 14.4. The Morgan fingerprint density at radius 3 is 2.50 bits per heavy atom. The number of nitrogens with two attached hydrogens (primary N) is 1. The van der Waals surface area contributed by atoms with Crippen LogP contribution in [0, 0.1) is 33.5 Å². The summed E-state index contributed by atoms with van der Waals surface area (Å²) >= 11 is 0. The first-order valence-electron chi connectivity index (χ1n) is 8.13. The van der Waals surface area contributed by atoms with E-state index in [0.717, 1.165) is 5.56 Å². The van der Waals surface area contributed by atoms with Gasteiger partial charge in [-0.3, -0.25) is 5.73 Å². The van der Waals surface area contributed by atoms with E-state index >= 15 is 0 Å². The summed E-state index contributed by atoms with van der Waals surface area (Å²) in [5.74, 6) is -1.13. The molecule has 4 rings (SSSR count). The van der Waals surface area contributed by atoms with Gasteiger partial charge in [0.15, 0.2) is 10.8 Å². The van der Waals surface area contributed by atoms with E-state index in [2.05, 4.69) is 17.1 Å². The Morgan fingerprint density at radius 1 is 1.29 bits per heavy atom. The minimum Gasteiger partial charge on any atom is -0.311 e. The molecule has 0 aromatic heterocycles. The van der Waals surface area contributed by atoms with Crippen molar-refractivity contribution in [3.63, 3.8) is 0 Å². The SMILES string of the molecule is CC[C@@]1(c2ccccc2)[C@]2(C#N)C(N)=[NH+][C@@]3(OC[C@H](C)O3)[C@@]21C#N. The van der Waals surface area contributed by atoms with Crippen molar-refractivity contribution in [2.45, 2.75) is 37.7 Å². The van der Waals surface area contributed by atoms with Crippen LogP contribution >= 0.6 is 0 Å². The molecule has 2 aliphatic heterocycles. The van der Waals surface area contributed by atoms with Crippen LogP contribution in [0.3, 0.4) is 0 Å². The molecule has 0 unspecified atom stereocenters. The number of hydrogen-bond donors (Lipinski definition) is 2. The minimum atomic E-state index is -1.38. The molecule has 5 atom stereocenters. The van der Waals surface area contributed by atoms with E-state index in [4.69, 9.17) is 15.2 Å². The van der Waals surface area contributed by atoms with Gasteiger partial charge in [-0.15, -0.1) is 0 Å². The maximum absolute atomic E-state index is 10.3. The van der Waals surface area contributed by atoms with Crippen molar-refractivity contribution in [2.24, 2.45) is 16.6 Å². The molecule has 0 amide bonds. The Kier molecular flexibility index (Phi) is 2.75. The number of benzene rings is 1. The molecule has 0 radical (unpaired) electrons. The lowest BCUT2D eigenvalue weighted by molar-refractivity contribution is -0.679. The Labute approximate surface area is 140 Å². The number of rotatable bonds is 2. The molecule has 1 saturated carbocycles. The number of nitrogens with zero attached hydrogens (tertiary/aromatic N) is 2. The van der Waals surface area contributed by atoms with Crippen LogP contribution in [0.15, 0.2) is 30.3 Å². The average Bonchev–Trinajstić information content (AvgIpc) is 2.86. The van der Waals surface area contributed by atoms with Gasteiger partial charge in [0.1, 0.15) is 0 Å². The molecule has 6 nitrogen and oxygen atoms in total. The molecule has 122 valence electrons. The Morgan fingerprint density at radius 2 is 2.00 bits per heavy atom. The molecule has 6 heteroatoms. The van der Waals surface area contributed by atoms with Gasteiger partial charge < -0.3 is 9.47 Å². The zero-order valence-electron chi connectivity index (χ0n) is 13.7. The highest BCUT2D eigenvalue weighted by atomic mass is 16.8. The van der Waals surface area contributed by atoms with E-state index in [9.17, 15) is 10.5 Å². The number of ether oxygens (including phenoxy) is 2. The average molecular weight is 323 g/mol. The summed E-state index contributed by atoms with van der Waals surface area (Å²) in [5, 5.41) is 20.4. The van der Waals surface area contributed by atoms with Gasteiger partial charge in [0.2, 0.25) is 0 Å². The maximum Gasteiger partial charge on any atom is 0.344 e. The largest absolute Gasteiger partial charge is 0.344 e. The summed E-state index contributed by atoms with van der Waals surface area (Å²) in [6.45, 7) is 4.20. The van der Waals surface area contributed by atoms with E-state index in [1.54, 1.807) is 0 Å². The van der Waals surface area contributed by atoms with Gasteiger partial charge in [0.05, 0.1) is 30.3 Å². The highest BCUT2D eigenvalue weighted by Crippen LogP contribution is 2.84. The summed E-state index contributed by atoms with van der Waals surface area (Å²) in [6.07, 6.45) is 0.388. The molecule has 1 spiro atoms. The predicted octanol–water partition coefficient (Wildman–Crippen LogP) is -0.0915. The standard InChI is InChI=1S/C18H18N4O2/c1-3-15(13-7-5-4-6-8-13)16(10-19)14(21)22-18(17(15,16)11-20)23-9-12(2)24-18/h4-8,12H,3,9H2,1-2H3,(H2,21,22)/p+1/t12-,15+,16-,17+,18+/m0/s1. The van der Waals surface area contributed by atoms with Crippen molar-refractivity contribution >= 4 is 5.84 Å². The lowest BCUT2D eigenvalue weighted by Crippen LogP contribution is -2.90. The van der Waals surface area contributed by atoms with Crippen molar-refractivity contribution in [1.82, 2.24) is 0 Å². The fourth-order valence-electron chi connectivity index (χ4n) is 5.18. The fourth-order valence-corrected chi connectivity index (χ4v) is 5.18. The minimum absolute atomic E-state index is 0.184. The molecule has 1 aromatic carbocycles.